The van der Waals surface area contributed by atoms with E-state index in [-0.39, 0.29) is 18.0 Å². The van der Waals surface area contributed by atoms with Gasteiger partial charge in [0.05, 0.1) is 24.5 Å². The second kappa shape index (κ2) is 5.16. The molecule has 0 aliphatic carbocycles. The molecule has 5 nitrogen and oxygen atoms in total. The Hall–Kier alpha value is -0.590. The summed E-state index contributed by atoms with van der Waals surface area (Å²) in [4.78, 5) is 0.104. The Labute approximate surface area is 99.5 Å². The third kappa shape index (κ3) is 2.56. The number of aromatic nitrogens is 2. The van der Waals surface area contributed by atoms with Gasteiger partial charge in [0.1, 0.15) is 4.90 Å². The third-order valence-corrected chi connectivity index (χ3v) is 3.72. The number of hydrogen-bond acceptors (Lipinski definition) is 4. The van der Waals surface area contributed by atoms with E-state index in [0.29, 0.717) is 24.2 Å². The SMILES string of the molecule is CCc1nn(CCO)c(CC)c1S(=O)(=O)Cl. The number of aliphatic hydroxyl groups excluding tert-OH is 1. The summed E-state index contributed by atoms with van der Waals surface area (Å²) in [5, 5.41) is 13.0. The van der Waals surface area contributed by atoms with E-state index in [2.05, 4.69) is 5.10 Å². The molecule has 1 N–H and O–H groups in total. The van der Waals surface area contributed by atoms with Crippen LogP contribution in [0, 0.1) is 0 Å². The molecule has 1 aromatic rings. The van der Waals surface area contributed by atoms with Crippen LogP contribution in [0.25, 0.3) is 0 Å². The average Bonchev–Trinajstić information content (AvgIpc) is 2.55. The van der Waals surface area contributed by atoms with Crippen molar-refractivity contribution in [1.29, 1.82) is 0 Å². The molecule has 0 aliphatic rings. The van der Waals surface area contributed by atoms with E-state index in [9.17, 15) is 8.42 Å². The van der Waals surface area contributed by atoms with Crippen molar-refractivity contribution in [1.82, 2.24) is 9.78 Å². The van der Waals surface area contributed by atoms with Gasteiger partial charge in [-0.2, -0.15) is 5.10 Å². The molecule has 1 rings (SSSR count). The summed E-state index contributed by atoms with van der Waals surface area (Å²) in [6.07, 6.45) is 1.00. The van der Waals surface area contributed by atoms with Gasteiger partial charge in [-0.05, 0) is 12.8 Å². The lowest BCUT2D eigenvalue weighted by Crippen LogP contribution is -2.08. The predicted octanol–water partition coefficient (Wildman–Crippen LogP) is 0.928. The molecule has 0 aliphatic heterocycles. The maximum atomic E-state index is 11.5. The highest BCUT2D eigenvalue weighted by Crippen LogP contribution is 2.25. The van der Waals surface area contributed by atoms with Crippen LogP contribution in [0.4, 0.5) is 0 Å². The highest BCUT2D eigenvalue weighted by atomic mass is 35.7. The average molecular weight is 267 g/mol. The Morgan fingerprint density at radius 1 is 1.38 bits per heavy atom. The monoisotopic (exact) mass is 266 g/mol. The molecule has 1 heterocycles. The molecule has 0 saturated heterocycles. The number of halogens is 1. The second-order valence-electron chi connectivity index (χ2n) is 3.31. The summed E-state index contributed by atoms with van der Waals surface area (Å²) < 4.78 is 24.4. The van der Waals surface area contributed by atoms with Crippen LogP contribution in [0.2, 0.25) is 0 Å². The van der Waals surface area contributed by atoms with Gasteiger partial charge in [0.25, 0.3) is 9.05 Å². The highest BCUT2D eigenvalue weighted by molar-refractivity contribution is 8.13. The fourth-order valence-corrected chi connectivity index (χ4v) is 3.20. The minimum absolute atomic E-state index is 0.0837. The fraction of sp³-hybridized carbons (Fsp3) is 0.667. The predicted molar refractivity (Wildman–Crippen MR) is 61.1 cm³/mol. The van der Waals surface area contributed by atoms with Crippen LogP contribution in [0.5, 0.6) is 0 Å². The summed E-state index contributed by atoms with van der Waals surface area (Å²) in [5.41, 5.74) is 1.02. The van der Waals surface area contributed by atoms with Gasteiger partial charge in [0.15, 0.2) is 0 Å². The van der Waals surface area contributed by atoms with Gasteiger partial charge in [-0.1, -0.05) is 13.8 Å². The zero-order valence-corrected chi connectivity index (χ0v) is 10.8. The molecule has 0 saturated carbocycles. The molecule has 0 bridgehead atoms. The normalized spacial score (nSPS) is 12.0. The molecule has 0 amide bonds. The van der Waals surface area contributed by atoms with E-state index >= 15 is 0 Å². The summed E-state index contributed by atoms with van der Waals surface area (Å²) in [6.45, 7) is 3.84. The van der Waals surface area contributed by atoms with E-state index < -0.39 is 9.05 Å². The van der Waals surface area contributed by atoms with E-state index in [1.165, 1.54) is 4.68 Å². The van der Waals surface area contributed by atoms with Gasteiger partial charge < -0.3 is 5.11 Å². The zero-order valence-electron chi connectivity index (χ0n) is 9.27. The molecule has 0 radical (unpaired) electrons. The maximum Gasteiger partial charge on any atom is 0.264 e. The van der Waals surface area contributed by atoms with Gasteiger partial charge in [-0.25, -0.2) is 8.42 Å². The minimum atomic E-state index is -3.78. The lowest BCUT2D eigenvalue weighted by atomic mass is 10.2. The standard InChI is InChI=1S/C9H15ClN2O3S/c1-3-7-9(16(10,14)15)8(4-2)12(11-7)5-6-13/h13H,3-6H2,1-2H3. The van der Waals surface area contributed by atoms with Crippen molar-refractivity contribution in [3.63, 3.8) is 0 Å². The van der Waals surface area contributed by atoms with E-state index in [1.54, 1.807) is 0 Å². The highest BCUT2D eigenvalue weighted by Gasteiger charge is 2.24. The quantitative estimate of drug-likeness (QED) is 0.805. The van der Waals surface area contributed by atoms with Crippen molar-refractivity contribution >= 4 is 19.7 Å². The van der Waals surface area contributed by atoms with E-state index in [0.717, 1.165) is 0 Å². The Bertz CT molecular complexity index is 467. The molecule has 92 valence electrons. The largest absolute Gasteiger partial charge is 0.394 e. The molecule has 0 fully saturated rings. The van der Waals surface area contributed by atoms with Gasteiger partial charge in [0, 0.05) is 10.7 Å². The maximum absolute atomic E-state index is 11.5. The Balaban J connectivity index is 3.43. The van der Waals surface area contributed by atoms with E-state index in [4.69, 9.17) is 15.8 Å². The van der Waals surface area contributed by atoms with Crippen molar-refractivity contribution < 1.29 is 13.5 Å². The first kappa shape index (κ1) is 13.5. The van der Waals surface area contributed by atoms with Crippen molar-refractivity contribution in [2.75, 3.05) is 6.61 Å². The number of aliphatic hydroxyl groups is 1. The van der Waals surface area contributed by atoms with Crippen LogP contribution >= 0.6 is 10.7 Å². The minimum Gasteiger partial charge on any atom is -0.394 e. The second-order valence-corrected chi connectivity index (χ2v) is 5.82. The molecule has 16 heavy (non-hydrogen) atoms. The van der Waals surface area contributed by atoms with Crippen molar-refractivity contribution in [2.24, 2.45) is 0 Å². The Morgan fingerprint density at radius 3 is 2.38 bits per heavy atom. The molecule has 1 aromatic heterocycles. The smallest absolute Gasteiger partial charge is 0.264 e. The number of nitrogens with zero attached hydrogens (tertiary/aromatic N) is 2. The summed E-state index contributed by atoms with van der Waals surface area (Å²) >= 11 is 0. The first-order valence-corrected chi connectivity index (χ1v) is 7.40. The number of hydrogen-bond donors (Lipinski definition) is 1. The number of rotatable bonds is 5. The molecule has 7 heteroatoms. The van der Waals surface area contributed by atoms with Crippen LogP contribution in [-0.4, -0.2) is 29.9 Å². The molecule has 0 aromatic carbocycles. The molecular weight excluding hydrogens is 252 g/mol. The van der Waals surface area contributed by atoms with Gasteiger partial charge >= 0.3 is 0 Å². The summed E-state index contributed by atoms with van der Waals surface area (Å²) in [5.74, 6) is 0. The Kier molecular flexibility index (Phi) is 4.35. The van der Waals surface area contributed by atoms with Crippen LogP contribution in [0.3, 0.4) is 0 Å². The topological polar surface area (TPSA) is 72.2 Å². The van der Waals surface area contributed by atoms with E-state index in [1.807, 2.05) is 13.8 Å². The van der Waals surface area contributed by atoms with Crippen LogP contribution in [0.15, 0.2) is 4.90 Å². The van der Waals surface area contributed by atoms with Gasteiger partial charge in [-0.3, -0.25) is 4.68 Å². The van der Waals surface area contributed by atoms with Crippen LogP contribution in [0.1, 0.15) is 25.2 Å². The lowest BCUT2D eigenvalue weighted by Gasteiger charge is -2.03. The van der Waals surface area contributed by atoms with Gasteiger partial charge in [0.2, 0.25) is 0 Å². The van der Waals surface area contributed by atoms with Crippen LogP contribution < -0.4 is 0 Å². The van der Waals surface area contributed by atoms with Crippen LogP contribution in [-0.2, 0) is 28.4 Å². The lowest BCUT2D eigenvalue weighted by molar-refractivity contribution is 0.267. The van der Waals surface area contributed by atoms with Crippen molar-refractivity contribution in [2.45, 2.75) is 38.1 Å². The summed E-state index contributed by atoms with van der Waals surface area (Å²) in [7, 11) is 1.62. The molecular formula is C9H15ClN2O3S. The van der Waals surface area contributed by atoms with Crippen molar-refractivity contribution in [3.8, 4) is 0 Å². The summed E-state index contributed by atoms with van der Waals surface area (Å²) in [6, 6.07) is 0. The fourth-order valence-electron chi connectivity index (χ4n) is 1.67. The zero-order chi connectivity index (χ0) is 12.3. The molecule has 0 unspecified atom stereocenters. The third-order valence-electron chi connectivity index (χ3n) is 2.30. The molecule has 0 atom stereocenters. The van der Waals surface area contributed by atoms with Gasteiger partial charge in [-0.15, -0.1) is 0 Å². The van der Waals surface area contributed by atoms with Crippen molar-refractivity contribution in [3.05, 3.63) is 11.4 Å². The first-order valence-electron chi connectivity index (χ1n) is 5.09. The Morgan fingerprint density at radius 2 is 2.00 bits per heavy atom. The molecule has 0 spiro atoms. The number of aryl methyl sites for hydroxylation is 1. The first-order chi connectivity index (χ1) is 7.45.